The lowest BCUT2D eigenvalue weighted by molar-refractivity contribution is 0.216. The molecule has 0 fully saturated rings. The minimum atomic E-state index is 0.528. The quantitative estimate of drug-likeness (QED) is 0.620. The van der Waals surface area contributed by atoms with Crippen molar-refractivity contribution in [2.45, 2.75) is 0 Å². The first-order chi connectivity index (χ1) is 5.86. The van der Waals surface area contributed by atoms with Crippen LogP contribution in [-0.2, 0) is 4.74 Å². The summed E-state index contributed by atoms with van der Waals surface area (Å²) in [6, 6.07) is 5.59. The molecule has 1 aromatic rings. The summed E-state index contributed by atoms with van der Waals surface area (Å²) < 4.78 is 5.18. The summed E-state index contributed by atoms with van der Waals surface area (Å²) in [5.41, 5.74) is 2.04. The second-order valence-electron chi connectivity index (χ2n) is 2.59. The zero-order valence-electron chi connectivity index (χ0n) is 6.46. The van der Waals surface area contributed by atoms with Gasteiger partial charge in [-0.3, -0.25) is 0 Å². The second kappa shape index (κ2) is 3.25. The summed E-state index contributed by atoms with van der Waals surface area (Å²) in [6.07, 6.45) is 2.03. The maximum absolute atomic E-state index is 5.74. The molecule has 2 rings (SSSR count). The van der Waals surface area contributed by atoms with E-state index in [9.17, 15) is 0 Å². The third-order valence-electron chi connectivity index (χ3n) is 1.75. The Hall–Kier alpha value is -0.860. The molecule has 0 aliphatic carbocycles. The van der Waals surface area contributed by atoms with E-state index < -0.39 is 0 Å². The molecule has 3 heteroatoms. The average Bonchev–Trinajstić information content (AvgIpc) is 2.56. The molecule has 0 unspecified atom stereocenters. The molecule has 0 saturated carbocycles. The number of rotatable bonds is 1. The van der Waals surface area contributed by atoms with Gasteiger partial charge in [-0.05, 0) is 12.1 Å². The number of hydrogen-bond acceptors (Lipinski definition) is 2. The van der Waals surface area contributed by atoms with Gasteiger partial charge in [-0.15, -0.1) is 0 Å². The molecule has 0 spiro atoms. The normalized spacial score (nSPS) is 16.2. The van der Waals surface area contributed by atoms with E-state index in [4.69, 9.17) is 16.3 Å². The van der Waals surface area contributed by atoms with Gasteiger partial charge in [0.1, 0.15) is 5.15 Å². The molecule has 62 valence electrons. The molecule has 0 radical (unpaired) electrons. The fraction of sp³-hybridized carbons (Fsp3) is 0.222. The summed E-state index contributed by atoms with van der Waals surface area (Å²) in [7, 11) is 0. The zero-order valence-corrected chi connectivity index (χ0v) is 7.21. The van der Waals surface area contributed by atoms with Gasteiger partial charge in [0.15, 0.2) is 0 Å². The number of hydrogen-bond donors (Lipinski definition) is 0. The van der Waals surface area contributed by atoms with Crippen molar-refractivity contribution in [1.82, 2.24) is 4.98 Å². The Morgan fingerprint density at radius 3 is 3.00 bits per heavy atom. The monoisotopic (exact) mass is 181 g/mol. The van der Waals surface area contributed by atoms with Crippen molar-refractivity contribution >= 4 is 17.2 Å². The van der Waals surface area contributed by atoms with Crippen LogP contribution in [0, 0.1) is 0 Å². The van der Waals surface area contributed by atoms with Gasteiger partial charge in [-0.1, -0.05) is 23.7 Å². The predicted molar refractivity (Wildman–Crippen MR) is 48.0 cm³/mol. The van der Waals surface area contributed by atoms with E-state index in [0.29, 0.717) is 18.4 Å². The third-order valence-corrected chi connectivity index (χ3v) is 1.96. The second-order valence-corrected chi connectivity index (χ2v) is 2.98. The highest BCUT2D eigenvalue weighted by Gasteiger charge is 2.08. The van der Waals surface area contributed by atoms with Gasteiger partial charge in [0, 0.05) is 5.57 Å². The summed E-state index contributed by atoms with van der Waals surface area (Å²) in [5.74, 6) is 0. The van der Waals surface area contributed by atoms with Crippen molar-refractivity contribution < 1.29 is 4.74 Å². The summed E-state index contributed by atoms with van der Waals surface area (Å²) >= 11 is 5.74. The van der Waals surface area contributed by atoms with Crippen molar-refractivity contribution in [3.63, 3.8) is 0 Å². The molecule has 2 heterocycles. The van der Waals surface area contributed by atoms with Crippen LogP contribution in [0.25, 0.3) is 5.57 Å². The largest absolute Gasteiger partial charge is 0.373 e. The van der Waals surface area contributed by atoms with Crippen molar-refractivity contribution in [2.75, 3.05) is 13.2 Å². The maximum Gasteiger partial charge on any atom is 0.129 e. The minimum Gasteiger partial charge on any atom is -0.373 e. The van der Waals surface area contributed by atoms with Crippen LogP contribution in [0.1, 0.15) is 5.69 Å². The SMILES string of the molecule is Clc1cccc(C2=CCOC2)n1. The Bertz CT molecular complexity index is 322. The van der Waals surface area contributed by atoms with Crippen molar-refractivity contribution in [3.05, 3.63) is 35.1 Å². The molecule has 2 nitrogen and oxygen atoms in total. The highest BCUT2D eigenvalue weighted by Crippen LogP contribution is 2.18. The highest BCUT2D eigenvalue weighted by atomic mass is 35.5. The van der Waals surface area contributed by atoms with E-state index in [2.05, 4.69) is 4.98 Å². The Morgan fingerprint density at radius 1 is 1.42 bits per heavy atom. The number of aromatic nitrogens is 1. The van der Waals surface area contributed by atoms with Crippen molar-refractivity contribution in [3.8, 4) is 0 Å². The van der Waals surface area contributed by atoms with Gasteiger partial charge in [0.05, 0.1) is 18.9 Å². The number of pyridine rings is 1. The Kier molecular flexibility index (Phi) is 2.11. The first-order valence-corrected chi connectivity index (χ1v) is 4.14. The van der Waals surface area contributed by atoms with Crippen molar-refractivity contribution in [2.24, 2.45) is 0 Å². The Morgan fingerprint density at radius 2 is 2.33 bits per heavy atom. The Labute approximate surface area is 75.8 Å². The molecule has 0 amide bonds. The molecule has 12 heavy (non-hydrogen) atoms. The third kappa shape index (κ3) is 1.49. The lowest BCUT2D eigenvalue weighted by Crippen LogP contribution is -1.91. The van der Waals surface area contributed by atoms with Crippen LogP contribution < -0.4 is 0 Å². The van der Waals surface area contributed by atoms with Crippen molar-refractivity contribution in [1.29, 1.82) is 0 Å². The van der Waals surface area contributed by atoms with Crippen LogP contribution >= 0.6 is 11.6 Å². The molecule has 0 N–H and O–H groups in total. The molecular formula is C9H8ClNO. The summed E-state index contributed by atoms with van der Waals surface area (Å²) in [4.78, 5) is 4.17. The van der Waals surface area contributed by atoms with Crippen LogP contribution in [-0.4, -0.2) is 18.2 Å². The number of ether oxygens (including phenoxy) is 1. The maximum atomic E-state index is 5.74. The first-order valence-electron chi connectivity index (χ1n) is 3.76. The van der Waals surface area contributed by atoms with Gasteiger partial charge in [0.25, 0.3) is 0 Å². The molecule has 0 atom stereocenters. The van der Waals surface area contributed by atoms with E-state index in [1.54, 1.807) is 6.07 Å². The van der Waals surface area contributed by atoms with E-state index in [1.165, 1.54) is 0 Å². The molecule has 1 aromatic heterocycles. The molecule has 0 saturated heterocycles. The van der Waals surface area contributed by atoms with E-state index in [-0.39, 0.29) is 0 Å². The van der Waals surface area contributed by atoms with Gasteiger partial charge < -0.3 is 4.74 Å². The standard InChI is InChI=1S/C9H8ClNO/c10-9-3-1-2-8(11-9)7-4-5-12-6-7/h1-4H,5-6H2. The smallest absolute Gasteiger partial charge is 0.129 e. The van der Waals surface area contributed by atoms with Crippen LogP contribution in [0.5, 0.6) is 0 Å². The molecule has 0 bridgehead atoms. The first kappa shape index (κ1) is 7.77. The topological polar surface area (TPSA) is 22.1 Å². The van der Waals surface area contributed by atoms with Crippen LogP contribution in [0.3, 0.4) is 0 Å². The van der Waals surface area contributed by atoms with E-state index in [0.717, 1.165) is 11.3 Å². The minimum absolute atomic E-state index is 0.528. The zero-order chi connectivity index (χ0) is 8.39. The Balaban J connectivity index is 2.33. The van der Waals surface area contributed by atoms with Gasteiger partial charge >= 0.3 is 0 Å². The van der Waals surface area contributed by atoms with Crippen LogP contribution in [0.15, 0.2) is 24.3 Å². The number of nitrogens with zero attached hydrogens (tertiary/aromatic N) is 1. The molecule has 1 aliphatic heterocycles. The van der Waals surface area contributed by atoms with Gasteiger partial charge in [-0.2, -0.15) is 0 Å². The average molecular weight is 182 g/mol. The summed E-state index contributed by atoms with van der Waals surface area (Å²) in [6.45, 7) is 1.33. The fourth-order valence-electron chi connectivity index (χ4n) is 1.15. The lowest BCUT2D eigenvalue weighted by Gasteiger charge is -1.99. The van der Waals surface area contributed by atoms with E-state index in [1.807, 2.05) is 18.2 Å². The summed E-state index contributed by atoms with van der Waals surface area (Å²) in [5, 5.41) is 0.528. The lowest BCUT2D eigenvalue weighted by atomic mass is 10.2. The molecule has 1 aliphatic rings. The fourth-order valence-corrected chi connectivity index (χ4v) is 1.32. The predicted octanol–water partition coefficient (Wildman–Crippen LogP) is 2.15. The van der Waals surface area contributed by atoms with Crippen LogP contribution in [0.4, 0.5) is 0 Å². The highest BCUT2D eigenvalue weighted by molar-refractivity contribution is 6.29. The number of halogens is 1. The van der Waals surface area contributed by atoms with Gasteiger partial charge in [0.2, 0.25) is 0 Å². The van der Waals surface area contributed by atoms with E-state index >= 15 is 0 Å². The van der Waals surface area contributed by atoms with Gasteiger partial charge in [-0.25, -0.2) is 4.98 Å². The molecular weight excluding hydrogens is 174 g/mol. The molecule has 0 aromatic carbocycles. The van der Waals surface area contributed by atoms with Crippen LogP contribution in [0.2, 0.25) is 5.15 Å².